The number of nitro benzene ring substituents is 1. The molecule has 2 rings (SSSR count). The molecule has 1 aromatic carbocycles. The van der Waals surface area contributed by atoms with E-state index in [4.69, 9.17) is 5.73 Å². The van der Waals surface area contributed by atoms with Gasteiger partial charge in [-0.25, -0.2) is 0 Å². The predicted molar refractivity (Wildman–Crippen MR) is 74.9 cm³/mol. The number of primary amides is 1. The lowest BCUT2D eigenvalue weighted by Crippen LogP contribution is -2.06. The monoisotopic (exact) mass is 271 g/mol. The van der Waals surface area contributed by atoms with Crippen LogP contribution in [-0.2, 0) is 11.3 Å². The topological polar surface area (TPSA) is 91.2 Å². The van der Waals surface area contributed by atoms with Gasteiger partial charge in [0.25, 0.3) is 5.69 Å². The fraction of sp³-hybridized carbons (Fsp3) is 0.0714. The fourth-order valence-corrected chi connectivity index (χ4v) is 1.90. The van der Waals surface area contributed by atoms with Crippen LogP contribution < -0.4 is 5.73 Å². The first kappa shape index (κ1) is 13.5. The second-order valence-electron chi connectivity index (χ2n) is 4.18. The number of nitrogens with zero attached hydrogens (tertiary/aromatic N) is 2. The highest BCUT2D eigenvalue weighted by Gasteiger charge is 2.12. The quantitative estimate of drug-likeness (QED) is 0.511. The molecule has 0 saturated carbocycles. The Labute approximate surface area is 115 Å². The number of hydrogen-bond donors (Lipinski definition) is 1. The van der Waals surface area contributed by atoms with E-state index < -0.39 is 10.8 Å². The third-order valence-corrected chi connectivity index (χ3v) is 2.81. The highest BCUT2D eigenvalue weighted by atomic mass is 16.6. The van der Waals surface area contributed by atoms with Gasteiger partial charge in [0, 0.05) is 29.6 Å². The zero-order chi connectivity index (χ0) is 14.5. The number of nitrogens with two attached hydrogens (primary N) is 1. The summed E-state index contributed by atoms with van der Waals surface area (Å²) in [6, 6.07) is 10.2. The first-order valence-corrected chi connectivity index (χ1v) is 5.93. The van der Waals surface area contributed by atoms with Crippen LogP contribution in [0.2, 0.25) is 0 Å². The van der Waals surface area contributed by atoms with E-state index in [9.17, 15) is 14.9 Å². The highest BCUT2D eigenvalue weighted by Crippen LogP contribution is 2.20. The van der Waals surface area contributed by atoms with Crippen LogP contribution in [0.5, 0.6) is 0 Å². The molecule has 0 bridgehead atoms. The Morgan fingerprint density at radius 1 is 1.30 bits per heavy atom. The second-order valence-corrected chi connectivity index (χ2v) is 4.18. The third kappa shape index (κ3) is 3.11. The van der Waals surface area contributed by atoms with Crippen LogP contribution >= 0.6 is 0 Å². The van der Waals surface area contributed by atoms with Crippen molar-refractivity contribution in [2.45, 2.75) is 6.54 Å². The van der Waals surface area contributed by atoms with Crippen molar-refractivity contribution in [3.63, 3.8) is 0 Å². The van der Waals surface area contributed by atoms with Gasteiger partial charge in [-0.1, -0.05) is 18.2 Å². The Kier molecular flexibility index (Phi) is 3.95. The SMILES string of the molecule is NC(=O)/C=C/c1cccn1Cc1ccccc1[N+](=O)[O-]. The average Bonchev–Trinajstić information content (AvgIpc) is 2.84. The maximum absolute atomic E-state index is 11.0. The number of amides is 1. The lowest BCUT2D eigenvalue weighted by Gasteiger charge is -2.07. The summed E-state index contributed by atoms with van der Waals surface area (Å²) in [7, 11) is 0. The number of rotatable bonds is 5. The second kappa shape index (κ2) is 5.83. The van der Waals surface area contributed by atoms with Gasteiger partial charge in [0.1, 0.15) is 0 Å². The van der Waals surface area contributed by atoms with Gasteiger partial charge in [0.05, 0.1) is 11.5 Å². The average molecular weight is 271 g/mol. The molecule has 1 aromatic heterocycles. The molecule has 0 fully saturated rings. The molecule has 1 amide bonds. The standard InChI is InChI=1S/C14H13N3O3/c15-14(18)8-7-12-5-3-9-16(12)10-11-4-1-2-6-13(11)17(19)20/h1-9H,10H2,(H2,15,18)/b8-7+. The molecule has 0 atom stereocenters. The molecular weight excluding hydrogens is 258 g/mol. The van der Waals surface area contributed by atoms with Gasteiger partial charge in [0.15, 0.2) is 0 Å². The zero-order valence-corrected chi connectivity index (χ0v) is 10.6. The van der Waals surface area contributed by atoms with E-state index in [0.29, 0.717) is 12.1 Å². The van der Waals surface area contributed by atoms with Gasteiger partial charge < -0.3 is 10.3 Å². The lowest BCUT2D eigenvalue weighted by molar-refractivity contribution is -0.385. The summed E-state index contributed by atoms with van der Waals surface area (Å²) in [6.45, 7) is 0.350. The van der Waals surface area contributed by atoms with Gasteiger partial charge in [-0.05, 0) is 18.2 Å². The Balaban J connectivity index is 2.30. The van der Waals surface area contributed by atoms with E-state index in [2.05, 4.69) is 0 Å². The summed E-state index contributed by atoms with van der Waals surface area (Å²) < 4.78 is 1.81. The number of nitro groups is 1. The smallest absolute Gasteiger partial charge is 0.274 e. The minimum absolute atomic E-state index is 0.0750. The molecule has 6 heteroatoms. The molecule has 6 nitrogen and oxygen atoms in total. The number of benzene rings is 1. The maximum Gasteiger partial charge on any atom is 0.274 e. The summed E-state index contributed by atoms with van der Waals surface area (Å²) in [5.41, 5.74) is 6.48. The van der Waals surface area contributed by atoms with Crippen molar-refractivity contribution in [1.29, 1.82) is 0 Å². The van der Waals surface area contributed by atoms with Crippen molar-refractivity contribution in [1.82, 2.24) is 4.57 Å². The Morgan fingerprint density at radius 3 is 2.75 bits per heavy atom. The van der Waals surface area contributed by atoms with Crippen LogP contribution in [0, 0.1) is 10.1 Å². The molecule has 0 unspecified atom stereocenters. The Hall–Kier alpha value is -2.89. The first-order valence-electron chi connectivity index (χ1n) is 5.93. The van der Waals surface area contributed by atoms with E-state index in [1.807, 2.05) is 4.57 Å². The first-order chi connectivity index (χ1) is 9.58. The third-order valence-electron chi connectivity index (χ3n) is 2.81. The van der Waals surface area contributed by atoms with Crippen LogP contribution in [0.25, 0.3) is 6.08 Å². The van der Waals surface area contributed by atoms with Crippen LogP contribution in [0.1, 0.15) is 11.3 Å². The van der Waals surface area contributed by atoms with Gasteiger partial charge in [-0.15, -0.1) is 0 Å². The Morgan fingerprint density at radius 2 is 2.05 bits per heavy atom. The molecule has 2 aromatic rings. The largest absolute Gasteiger partial charge is 0.366 e. The molecule has 0 aliphatic heterocycles. The summed E-state index contributed by atoms with van der Waals surface area (Å²) in [5, 5.41) is 11.0. The Bertz CT molecular complexity index is 674. The molecule has 102 valence electrons. The normalized spacial score (nSPS) is 10.8. The summed E-state index contributed by atoms with van der Waals surface area (Å²) in [4.78, 5) is 21.3. The number of carbonyl (C=O) groups excluding carboxylic acids is 1. The fourth-order valence-electron chi connectivity index (χ4n) is 1.90. The molecular formula is C14H13N3O3. The minimum atomic E-state index is -0.538. The molecule has 0 aliphatic rings. The van der Waals surface area contributed by atoms with Gasteiger partial charge in [0.2, 0.25) is 5.91 Å². The lowest BCUT2D eigenvalue weighted by atomic mass is 10.2. The van der Waals surface area contributed by atoms with Crippen LogP contribution in [-0.4, -0.2) is 15.4 Å². The zero-order valence-electron chi connectivity index (χ0n) is 10.6. The van der Waals surface area contributed by atoms with Crippen molar-refractivity contribution in [3.8, 4) is 0 Å². The highest BCUT2D eigenvalue weighted by molar-refractivity contribution is 5.90. The van der Waals surface area contributed by atoms with Crippen molar-refractivity contribution in [2.24, 2.45) is 5.73 Å². The number of hydrogen-bond acceptors (Lipinski definition) is 3. The van der Waals surface area contributed by atoms with E-state index in [0.717, 1.165) is 5.69 Å². The maximum atomic E-state index is 11.0. The molecule has 0 radical (unpaired) electrons. The molecule has 0 spiro atoms. The van der Waals surface area contributed by atoms with Crippen LogP contribution in [0.3, 0.4) is 0 Å². The van der Waals surface area contributed by atoms with Crippen molar-refractivity contribution < 1.29 is 9.72 Å². The molecule has 1 heterocycles. The molecule has 0 saturated heterocycles. The summed E-state index contributed by atoms with van der Waals surface area (Å²) in [6.07, 6.45) is 4.62. The molecule has 2 N–H and O–H groups in total. The van der Waals surface area contributed by atoms with Gasteiger partial charge in [-0.2, -0.15) is 0 Å². The van der Waals surface area contributed by atoms with E-state index in [-0.39, 0.29) is 5.69 Å². The minimum Gasteiger partial charge on any atom is -0.366 e. The van der Waals surface area contributed by atoms with Gasteiger partial charge >= 0.3 is 0 Å². The van der Waals surface area contributed by atoms with Crippen molar-refractivity contribution >= 4 is 17.7 Å². The number of carbonyl (C=O) groups is 1. The van der Waals surface area contributed by atoms with Gasteiger partial charge in [-0.3, -0.25) is 14.9 Å². The summed E-state index contributed by atoms with van der Waals surface area (Å²) in [5.74, 6) is -0.538. The van der Waals surface area contributed by atoms with Crippen molar-refractivity contribution in [3.05, 3.63) is 70.0 Å². The van der Waals surface area contributed by atoms with E-state index >= 15 is 0 Å². The van der Waals surface area contributed by atoms with Crippen LogP contribution in [0.15, 0.2) is 48.7 Å². The van der Waals surface area contributed by atoms with Crippen LogP contribution in [0.4, 0.5) is 5.69 Å². The van der Waals surface area contributed by atoms with Crippen molar-refractivity contribution in [2.75, 3.05) is 0 Å². The summed E-state index contributed by atoms with van der Waals surface area (Å²) >= 11 is 0. The molecule has 0 aliphatic carbocycles. The molecule has 20 heavy (non-hydrogen) atoms. The van der Waals surface area contributed by atoms with E-state index in [1.165, 1.54) is 12.1 Å². The predicted octanol–water partition coefficient (Wildman–Crippen LogP) is 1.94. The van der Waals surface area contributed by atoms with E-state index in [1.54, 1.807) is 42.6 Å². The number of para-hydroxylation sites is 1. The number of aromatic nitrogens is 1.